The standard InChI is InChI=1S/C25H15ClF4N8/c26-13-5-17-21(35-14-7-18(27)25(30)33-10-14)12(8-31)9-32-22(17)19(6-13)36-23(20-11-34-38-37-20)15-3-1-2-4-16(15)24(28)29/h1-7,9-11,23-24,36H,(H,32,35)(H,34,37,38)/t23-/m0/s1. The normalized spacial score (nSPS) is 11.9. The van der Waals surface area contributed by atoms with Crippen LogP contribution in [-0.2, 0) is 0 Å². The number of H-pyrrole nitrogens is 1. The van der Waals surface area contributed by atoms with E-state index >= 15 is 0 Å². The van der Waals surface area contributed by atoms with E-state index in [4.69, 9.17) is 11.6 Å². The number of alkyl halides is 2. The van der Waals surface area contributed by atoms with Gasteiger partial charge in [0.05, 0.1) is 40.4 Å². The Hall–Kier alpha value is -4.76. The second kappa shape index (κ2) is 10.3. The maximum Gasteiger partial charge on any atom is 0.264 e. The van der Waals surface area contributed by atoms with Gasteiger partial charge in [-0.05, 0) is 17.7 Å². The lowest BCUT2D eigenvalue weighted by molar-refractivity contribution is 0.150. The fraction of sp³-hybridized carbons (Fsp3) is 0.0800. The molecule has 3 aromatic heterocycles. The van der Waals surface area contributed by atoms with Gasteiger partial charge in [-0.3, -0.25) is 10.1 Å². The number of aromatic amines is 1. The van der Waals surface area contributed by atoms with Crippen LogP contribution in [0.3, 0.4) is 0 Å². The first-order chi connectivity index (χ1) is 18.4. The molecule has 0 saturated heterocycles. The van der Waals surface area contributed by atoms with Gasteiger partial charge in [0.1, 0.15) is 11.8 Å². The molecule has 5 rings (SSSR count). The summed E-state index contributed by atoms with van der Waals surface area (Å²) in [5.74, 6) is -2.45. The number of rotatable bonds is 7. The minimum atomic E-state index is -2.75. The highest BCUT2D eigenvalue weighted by Crippen LogP contribution is 2.38. The maximum absolute atomic E-state index is 13.9. The summed E-state index contributed by atoms with van der Waals surface area (Å²) in [4.78, 5) is 7.74. The van der Waals surface area contributed by atoms with Gasteiger partial charge in [-0.25, -0.2) is 18.2 Å². The van der Waals surface area contributed by atoms with Gasteiger partial charge in [0.25, 0.3) is 6.43 Å². The van der Waals surface area contributed by atoms with Crippen LogP contribution in [0.1, 0.15) is 34.9 Å². The number of benzene rings is 2. The van der Waals surface area contributed by atoms with Crippen LogP contribution in [0.4, 0.5) is 34.6 Å². The van der Waals surface area contributed by atoms with E-state index in [2.05, 4.69) is 36.0 Å². The minimum Gasteiger partial charge on any atom is -0.371 e. The molecular weight excluding hydrogens is 524 g/mol. The molecule has 190 valence electrons. The van der Waals surface area contributed by atoms with E-state index in [1.165, 1.54) is 30.6 Å². The van der Waals surface area contributed by atoms with Crippen molar-refractivity contribution in [2.45, 2.75) is 12.5 Å². The van der Waals surface area contributed by atoms with Gasteiger partial charge in [-0.2, -0.15) is 9.65 Å². The summed E-state index contributed by atoms with van der Waals surface area (Å²) in [5, 5.41) is 26.6. The maximum atomic E-state index is 13.9. The third-order valence-corrected chi connectivity index (χ3v) is 5.91. The van der Waals surface area contributed by atoms with Crippen LogP contribution in [0.2, 0.25) is 5.02 Å². The summed E-state index contributed by atoms with van der Waals surface area (Å²) in [5.41, 5.74) is 1.40. The van der Waals surface area contributed by atoms with Crippen molar-refractivity contribution >= 4 is 39.6 Å². The fourth-order valence-electron chi connectivity index (χ4n) is 4.02. The van der Waals surface area contributed by atoms with Gasteiger partial charge in [-0.15, -0.1) is 5.10 Å². The molecule has 2 aromatic carbocycles. The smallest absolute Gasteiger partial charge is 0.264 e. The van der Waals surface area contributed by atoms with Crippen molar-refractivity contribution in [2.24, 2.45) is 0 Å². The largest absolute Gasteiger partial charge is 0.371 e. The Morgan fingerprint density at radius 3 is 2.50 bits per heavy atom. The molecule has 13 heteroatoms. The van der Waals surface area contributed by atoms with Crippen LogP contribution < -0.4 is 10.6 Å². The number of hydrogen-bond donors (Lipinski definition) is 3. The molecule has 3 heterocycles. The number of pyridine rings is 2. The van der Waals surface area contributed by atoms with Crippen LogP contribution >= 0.6 is 11.6 Å². The lowest BCUT2D eigenvalue weighted by Crippen LogP contribution is -2.16. The first kappa shape index (κ1) is 24.9. The van der Waals surface area contributed by atoms with Gasteiger partial charge in [0, 0.05) is 34.4 Å². The number of aromatic nitrogens is 5. The molecule has 0 fully saturated rings. The molecule has 3 N–H and O–H groups in total. The Morgan fingerprint density at radius 1 is 1.03 bits per heavy atom. The summed E-state index contributed by atoms with van der Waals surface area (Å²) >= 11 is 6.42. The Balaban J connectivity index is 1.66. The topological polar surface area (TPSA) is 115 Å². The van der Waals surface area contributed by atoms with Crippen molar-refractivity contribution in [2.75, 3.05) is 10.6 Å². The van der Waals surface area contributed by atoms with Crippen molar-refractivity contribution in [1.29, 1.82) is 5.26 Å². The monoisotopic (exact) mass is 538 g/mol. The van der Waals surface area contributed by atoms with Crippen molar-refractivity contribution < 1.29 is 17.6 Å². The van der Waals surface area contributed by atoms with Crippen LogP contribution in [-0.4, -0.2) is 25.4 Å². The first-order valence-corrected chi connectivity index (χ1v) is 11.3. The number of nitrogens with zero attached hydrogens (tertiary/aromatic N) is 5. The molecule has 1 atom stereocenters. The number of nitrogens with one attached hydrogen (secondary N) is 3. The van der Waals surface area contributed by atoms with E-state index in [1.807, 2.05) is 6.07 Å². The average molecular weight is 539 g/mol. The second-order valence-electron chi connectivity index (χ2n) is 8.04. The van der Waals surface area contributed by atoms with Crippen LogP contribution in [0.5, 0.6) is 0 Å². The molecule has 0 bridgehead atoms. The van der Waals surface area contributed by atoms with Gasteiger partial charge in [-0.1, -0.05) is 41.1 Å². The number of nitriles is 1. The first-order valence-electron chi connectivity index (χ1n) is 11.0. The van der Waals surface area contributed by atoms with Crippen molar-refractivity contribution in [1.82, 2.24) is 25.4 Å². The fourth-order valence-corrected chi connectivity index (χ4v) is 4.24. The number of fused-ring (bicyclic) bond motifs is 1. The molecular formula is C25H15ClF4N8. The summed E-state index contributed by atoms with van der Waals surface area (Å²) in [6.07, 6.45) is 1.07. The van der Waals surface area contributed by atoms with Crippen molar-refractivity contribution in [3.63, 3.8) is 0 Å². The number of halogens is 5. The molecule has 0 aliphatic rings. The van der Waals surface area contributed by atoms with E-state index < -0.39 is 24.2 Å². The number of hydrogen-bond acceptors (Lipinski definition) is 7. The zero-order valence-electron chi connectivity index (χ0n) is 19.1. The average Bonchev–Trinajstić information content (AvgIpc) is 3.44. The molecule has 0 aliphatic heterocycles. The summed E-state index contributed by atoms with van der Waals surface area (Å²) in [6.45, 7) is 0. The molecule has 0 aliphatic carbocycles. The van der Waals surface area contributed by atoms with Gasteiger partial charge < -0.3 is 10.6 Å². The van der Waals surface area contributed by atoms with Gasteiger partial charge >= 0.3 is 0 Å². The number of anilines is 3. The summed E-state index contributed by atoms with van der Waals surface area (Å²) in [7, 11) is 0. The van der Waals surface area contributed by atoms with E-state index in [1.54, 1.807) is 18.2 Å². The van der Waals surface area contributed by atoms with Crippen LogP contribution in [0.15, 0.2) is 61.1 Å². The van der Waals surface area contributed by atoms with E-state index in [-0.39, 0.29) is 33.1 Å². The predicted octanol–water partition coefficient (Wildman–Crippen LogP) is 6.43. The predicted molar refractivity (Wildman–Crippen MR) is 132 cm³/mol. The van der Waals surface area contributed by atoms with Crippen molar-refractivity contribution in [3.8, 4) is 6.07 Å². The molecule has 0 unspecified atom stereocenters. The Morgan fingerprint density at radius 2 is 1.82 bits per heavy atom. The van der Waals surface area contributed by atoms with E-state index in [0.29, 0.717) is 22.3 Å². The third kappa shape index (κ3) is 4.79. The highest BCUT2D eigenvalue weighted by Gasteiger charge is 2.25. The quantitative estimate of drug-likeness (QED) is 0.161. The Labute approximate surface area is 217 Å². The Kier molecular flexibility index (Phi) is 6.76. The van der Waals surface area contributed by atoms with E-state index in [0.717, 1.165) is 12.3 Å². The molecule has 0 saturated carbocycles. The molecule has 38 heavy (non-hydrogen) atoms. The second-order valence-corrected chi connectivity index (χ2v) is 8.47. The molecule has 0 radical (unpaired) electrons. The van der Waals surface area contributed by atoms with Crippen LogP contribution in [0.25, 0.3) is 10.9 Å². The van der Waals surface area contributed by atoms with Gasteiger partial charge in [0.2, 0.25) is 5.95 Å². The zero-order valence-corrected chi connectivity index (χ0v) is 19.8. The van der Waals surface area contributed by atoms with E-state index in [9.17, 15) is 22.8 Å². The van der Waals surface area contributed by atoms with Crippen molar-refractivity contribution in [3.05, 3.63) is 100 Å². The molecule has 5 aromatic rings. The summed E-state index contributed by atoms with van der Waals surface area (Å²) < 4.78 is 54.9. The van der Waals surface area contributed by atoms with Crippen LogP contribution in [0, 0.1) is 23.1 Å². The third-order valence-electron chi connectivity index (χ3n) is 5.70. The Bertz CT molecular complexity index is 1670. The van der Waals surface area contributed by atoms with Gasteiger partial charge in [0.15, 0.2) is 5.82 Å². The molecule has 8 nitrogen and oxygen atoms in total. The molecule has 0 amide bonds. The highest BCUT2D eigenvalue weighted by atomic mass is 35.5. The zero-order chi connectivity index (χ0) is 26.8. The lowest BCUT2D eigenvalue weighted by Gasteiger charge is -2.22. The highest BCUT2D eigenvalue weighted by molar-refractivity contribution is 6.32. The molecule has 0 spiro atoms. The summed E-state index contributed by atoms with van der Waals surface area (Å²) in [6, 6.07) is 11.1. The minimum absolute atomic E-state index is 0.0775. The SMILES string of the molecule is N#Cc1cnc2c(N[C@H](c3c[nH]nn3)c3ccccc3C(F)F)cc(Cl)cc2c1Nc1cnc(F)c(F)c1. The lowest BCUT2D eigenvalue weighted by atomic mass is 9.97.